The average molecular weight is 216 g/mol. The van der Waals surface area contributed by atoms with Crippen LogP contribution in [-0.4, -0.2) is 12.9 Å². The summed E-state index contributed by atoms with van der Waals surface area (Å²) in [5.74, 6) is 3.58. The van der Waals surface area contributed by atoms with Crippen molar-refractivity contribution in [2.24, 2.45) is 0 Å². The van der Waals surface area contributed by atoms with Crippen LogP contribution in [0.5, 0.6) is 5.75 Å². The maximum absolute atomic E-state index is 11.5. The maximum Gasteiger partial charge on any atom is 0.137 e. The minimum Gasteiger partial charge on any atom is -0.497 e. The van der Waals surface area contributed by atoms with Gasteiger partial charge < -0.3 is 4.74 Å². The van der Waals surface area contributed by atoms with E-state index in [9.17, 15) is 4.79 Å². The molecule has 84 valence electrons. The Hall–Kier alpha value is -1.75. The van der Waals surface area contributed by atoms with Crippen LogP contribution in [0.3, 0.4) is 0 Å². The molecule has 0 aliphatic carbocycles. The van der Waals surface area contributed by atoms with Gasteiger partial charge in [-0.15, -0.1) is 12.3 Å². The molecule has 0 aromatic heterocycles. The standard InChI is InChI=1S/C14H16O2/c1-3-4-5-6-13(15)11-12-7-9-14(16-2)10-8-12/h1,7-10H,4-6,11H2,2H3. The van der Waals surface area contributed by atoms with Crippen molar-refractivity contribution < 1.29 is 9.53 Å². The second-order valence-corrected chi connectivity index (χ2v) is 3.62. The summed E-state index contributed by atoms with van der Waals surface area (Å²) in [4.78, 5) is 11.5. The van der Waals surface area contributed by atoms with Crippen molar-refractivity contribution in [3.8, 4) is 18.1 Å². The van der Waals surface area contributed by atoms with Gasteiger partial charge in [-0.05, 0) is 24.1 Å². The van der Waals surface area contributed by atoms with Gasteiger partial charge in [0.2, 0.25) is 0 Å². The number of hydrogen-bond donors (Lipinski definition) is 0. The molecule has 16 heavy (non-hydrogen) atoms. The Balaban J connectivity index is 2.41. The number of terminal acetylenes is 1. The number of ketones is 1. The molecule has 0 saturated heterocycles. The fourth-order valence-electron chi connectivity index (χ4n) is 1.45. The molecule has 0 unspecified atom stereocenters. The van der Waals surface area contributed by atoms with Crippen LogP contribution >= 0.6 is 0 Å². The van der Waals surface area contributed by atoms with Crippen LogP contribution in [-0.2, 0) is 11.2 Å². The van der Waals surface area contributed by atoms with Gasteiger partial charge in [0.1, 0.15) is 11.5 Å². The smallest absolute Gasteiger partial charge is 0.137 e. The van der Waals surface area contributed by atoms with Crippen LogP contribution in [0.2, 0.25) is 0 Å². The fraction of sp³-hybridized carbons (Fsp3) is 0.357. The Morgan fingerprint density at radius 2 is 2.06 bits per heavy atom. The van der Waals surface area contributed by atoms with E-state index in [2.05, 4.69) is 5.92 Å². The number of unbranched alkanes of at least 4 members (excludes halogenated alkanes) is 1. The number of rotatable bonds is 6. The number of carbonyl (C=O) groups excluding carboxylic acids is 1. The molecule has 0 aliphatic heterocycles. The van der Waals surface area contributed by atoms with Crippen molar-refractivity contribution in [3.63, 3.8) is 0 Å². The molecule has 0 fully saturated rings. The van der Waals surface area contributed by atoms with E-state index < -0.39 is 0 Å². The highest BCUT2D eigenvalue weighted by Gasteiger charge is 2.03. The molecular weight excluding hydrogens is 200 g/mol. The van der Waals surface area contributed by atoms with Crippen LogP contribution in [0.1, 0.15) is 24.8 Å². The quantitative estimate of drug-likeness (QED) is 0.539. The van der Waals surface area contributed by atoms with Gasteiger partial charge in [0.25, 0.3) is 0 Å². The van der Waals surface area contributed by atoms with Crippen molar-refractivity contribution in [1.29, 1.82) is 0 Å². The third kappa shape index (κ3) is 4.18. The number of benzene rings is 1. The second-order valence-electron chi connectivity index (χ2n) is 3.62. The molecule has 1 aromatic carbocycles. The van der Waals surface area contributed by atoms with Gasteiger partial charge >= 0.3 is 0 Å². The Bertz CT molecular complexity index is 371. The molecule has 0 amide bonds. The first-order chi connectivity index (χ1) is 7.76. The molecule has 0 saturated carbocycles. The van der Waals surface area contributed by atoms with Crippen molar-refractivity contribution in [1.82, 2.24) is 0 Å². The minimum atomic E-state index is 0.236. The Morgan fingerprint density at radius 1 is 1.38 bits per heavy atom. The van der Waals surface area contributed by atoms with Gasteiger partial charge in [0.15, 0.2) is 0 Å². The molecule has 0 radical (unpaired) electrons. The third-order valence-electron chi connectivity index (χ3n) is 2.34. The first-order valence-corrected chi connectivity index (χ1v) is 5.34. The monoisotopic (exact) mass is 216 g/mol. The van der Waals surface area contributed by atoms with Crippen LogP contribution in [0, 0.1) is 12.3 Å². The van der Waals surface area contributed by atoms with Crippen molar-refractivity contribution in [3.05, 3.63) is 29.8 Å². The number of methoxy groups -OCH3 is 1. The molecule has 0 aliphatic rings. The molecule has 2 nitrogen and oxygen atoms in total. The molecule has 0 atom stereocenters. The van der Waals surface area contributed by atoms with E-state index in [1.165, 1.54) is 0 Å². The summed E-state index contributed by atoms with van der Waals surface area (Å²) in [6.45, 7) is 0. The van der Waals surface area contributed by atoms with E-state index in [0.29, 0.717) is 19.3 Å². The van der Waals surface area contributed by atoms with Gasteiger partial charge in [-0.1, -0.05) is 12.1 Å². The van der Waals surface area contributed by atoms with E-state index in [4.69, 9.17) is 11.2 Å². The summed E-state index contributed by atoms with van der Waals surface area (Å²) >= 11 is 0. The number of ether oxygens (including phenoxy) is 1. The van der Waals surface area contributed by atoms with Gasteiger partial charge in [-0.2, -0.15) is 0 Å². The van der Waals surface area contributed by atoms with E-state index in [1.54, 1.807) is 7.11 Å². The summed E-state index contributed by atoms with van der Waals surface area (Å²) in [5, 5.41) is 0. The third-order valence-corrected chi connectivity index (χ3v) is 2.34. The Morgan fingerprint density at radius 3 is 2.62 bits per heavy atom. The predicted octanol–water partition coefficient (Wildman–Crippen LogP) is 2.61. The lowest BCUT2D eigenvalue weighted by atomic mass is 10.0. The van der Waals surface area contributed by atoms with Crippen LogP contribution < -0.4 is 4.74 Å². The van der Waals surface area contributed by atoms with Crippen molar-refractivity contribution in [2.45, 2.75) is 25.7 Å². The summed E-state index contributed by atoms with van der Waals surface area (Å²) in [5.41, 5.74) is 1.02. The molecular formula is C14H16O2. The summed E-state index contributed by atoms with van der Waals surface area (Å²) in [6.07, 6.45) is 7.63. The molecule has 0 N–H and O–H groups in total. The zero-order chi connectivity index (χ0) is 11.8. The number of carbonyl (C=O) groups is 1. The normalized spacial score (nSPS) is 9.50. The lowest BCUT2D eigenvalue weighted by Crippen LogP contribution is -2.02. The van der Waals surface area contributed by atoms with E-state index in [0.717, 1.165) is 17.7 Å². The topological polar surface area (TPSA) is 26.3 Å². The van der Waals surface area contributed by atoms with E-state index in [-0.39, 0.29) is 5.78 Å². The Kier molecular flexibility index (Phi) is 5.15. The highest BCUT2D eigenvalue weighted by Crippen LogP contribution is 2.12. The van der Waals surface area contributed by atoms with Gasteiger partial charge in [-0.3, -0.25) is 4.79 Å². The van der Waals surface area contributed by atoms with Crippen LogP contribution in [0.25, 0.3) is 0 Å². The molecule has 2 heteroatoms. The SMILES string of the molecule is C#CCCCC(=O)Cc1ccc(OC)cc1. The highest BCUT2D eigenvalue weighted by molar-refractivity contribution is 5.80. The van der Waals surface area contributed by atoms with Gasteiger partial charge in [0.05, 0.1) is 7.11 Å². The second kappa shape index (κ2) is 6.68. The van der Waals surface area contributed by atoms with E-state index in [1.807, 2.05) is 24.3 Å². The summed E-state index contributed by atoms with van der Waals surface area (Å²) in [6, 6.07) is 7.56. The fourth-order valence-corrected chi connectivity index (χ4v) is 1.45. The first kappa shape index (κ1) is 12.3. The molecule has 0 spiro atoms. The summed E-state index contributed by atoms with van der Waals surface area (Å²) < 4.78 is 5.05. The van der Waals surface area contributed by atoms with Crippen molar-refractivity contribution >= 4 is 5.78 Å². The molecule has 0 bridgehead atoms. The molecule has 1 aromatic rings. The summed E-state index contributed by atoms with van der Waals surface area (Å²) in [7, 11) is 1.62. The van der Waals surface area contributed by atoms with E-state index >= 15 is 0 Å². The lowest BCUT2D eigenvalue weighted by molar-refractivity contribution is -0.118. The van der Waals surface area contributed by atoms with Gasteiger partial charge in [0, 0.05) is 19.3 Å². The van der Waals surface area contributed by atoms with Crippen LogP contribution in [0.15, 0.2) is 24.3 Å². The molecule has 0 heterocycles. The largest absolute Gasteiger partial charge is 0.497 e. The zero-order valence-electron chi connectivity index (χ0n) is 9.53. The highest BCUT2D eigenvalue weighted by atomic mass is 16.5. The Labute approximate surface area is 96.6 Å². The van der Waals surface area contributed by atoms with Crippen LogP contribution in [0.4, 0.5) is 0 Å². The first-order valence-electron chi connectivity index (χ1n) is 5.34. The zero-order valence-corrected chi connectivity index (χ0v) is 9.53. The maximum atomic E-state index is 11.5. The molecule has 1 rings (SSSR count). The van der Waals surface area contributed by atoms with Crippen molar-refractivity contribution in [2.75, 3.05) is 7.11 Å². The number of Topliss-reactive ketones (excluding diaryl/α,β-unsaturated/α-hetero) is 1. The average Bonchev–Trinajstić information content (AvgIpc) is 2.30. The minimum absolute atomic E-state index is 0.236. The predicted molar refractivity (Wildman–Crippen MR) is 64.4 cm³/mol. The van der Waals surface area contributed by atoms with Gasteiger partial charge in [-0.25, -0.2) is 0 Å². The number of hydrogen-bond acceptors (Lipinski definition) is 2. The lowest BCUT2D eigenvalue weighted by Gasteiger charge is -2.02.